The summed E-state index contributed by atoms with van der Waals surface area (Å²) in [5, 5.41) is 5.10. The smallest absolute Gasteiger partial charge is 0.225 e. The zero-order valence-electron chi connectivity index (χ0n) is 11.9. The van der Waals surface area contributed by atoms with E-state index in [-0.39, 0.29) is 9.79 Å². The van der Waals surface area contributed by atoms with Gasteiger partial charge in [-0.05, 0) is 31.9 Å². The van der Waals surface area contributed by atoms with Gasteiger partial charge < -0.3 is 0 Å². The molecule has 6 nitrogen and oxygen atoms in total. The molecule has 1 aromatic rings. The second-order valence-electron chi connectivity index (χ2n) is 5.72. The second kappa shape index (κ2) is 5.68. The Morgan fingerprint density at radius 3 is 2.05 bits per heavy atom. The molecular weight excluding hydrogens is 312 g/mol. The molecule has 0 amide bonds. The van der Waals surface area contributed by atoms with Gasteiger partial charge in [-0.3, -0.25) is 0 Å². The van der Waals surface area contributed by atoms with E-state index in [9.17, 15) is 16.8 Å². The average molecular weight is 332 g/mol. The fraction of sp³-hybridized carbons (Fsp3) is 0.538. The third-order valence-corrected chi connectivity index (χ3v) is 6.58. The van der Waals surface area contributed by atoms with Crippen molar-refractivity contribution in [3.8, 4) is 0 Å². The van der Waals surface area contributed by atoms with E-state index in [4.69, 9.17) is 5.14 Å². The van der Waals surface area contributed by atoms with Crippen LogP contribution in [0.2, 0.25) is 0 Å². The summed E-state index contributed by atoms with van der Waals surface area (Å²) in [6, 6.07) is 5.38. The number of nitrogens with one attached hydrogen (secondary N) is 1. The van der Waals surface area contributed by atoms with Gasteiger partial charge in [0.1, 0.15) is 9.79 Å². The molecule has 0 heterocycles. The van der Waals surface area contributed by atoms with E-state index in [0.717, 1.165) is 32.1 Å². The highest BCUT2D eigenvalue weighted by molar-refractivity contribution is 7.92. The van der Waals surface area contributed by atoms with Crippen molar-refractivity contribution in [3.63, 3.8) is 0 Å². The van der Waals surface area contributed by atoms with Crippen molar-refractivity contribution in [3.05, 3.63) is 24.3 Å². The van der Waals surface area contributed by atoms with E-state index in [0.29, 0.717) is 0 Å². The first-order chi connectivity index (χ1) is 9.64. The number of nitrogens with two attached hydrogens (primary N) is 1. The van der Waals surface area contributed by atoms with Crippen LogP contribution >= 0.6 is 0 Å². The molecule has 21 heavy (non-hydrogen) atoms. The maximum absolute atomic E-state index is 12.5. The van der Waals surface area contributed by atoms with Crippen molar-refractivity contribution in [1.29, 1.82) is 0 Å². The van der Waals surface area contributed by atoms with Gasteiger partial charge in [-0.25, -0.2) is 26.7 Å². The Bertz CT molecular complexity index is 720. The minimum atomic E-state index is -4.10. The SMILES string of the molecule is CC1(NS(=O)(=O)c2ccccc2S(N)(=O)=O)CCCCC1. The van der Waals surface area contributed by atoms with Crippen LogP contribution in [0.3, 0.4) is 0 Å². The van der Waals surface area contributed by atoms with Crippen LogP contribution in [0.4, 0.5) is 0 Å². The Hall–Kier alpha value is -0.960. The minimum Gasteiger partial charge on any atom is -0.225 e. The summed E-state index contributed by atoms with van der Waals surface area (Å²) in [5.74, 6) is 0. The van der Waals surface area contributed by atoms with E-state index >= 15 is 0 Å². The Morgan fingerprint density at radius 2 is 1.52 bits per heavy atom. The van der Waals surface area contributed by atoms with Crippen LogP contribution in [-0.4, -0.2) is 22.4 Å². The largest absolute Gasteiger partial charge is 0.242 e. The van der Waals surface area contributed by atoms with Crippen molar-refractivity contribution in [2.75, 3.05) is 0 Å². The van der Waals surface area contributed by atoms with Crippen LogP contribution in [0.5, 0.6) is 0 Å². The lowest BCUT2D eigenvalue weighted by Crippen LogP contribution is -2.47. The number of sulfonamides is 2. The van der Waals surface area contributed by atoms with Crippen LogP contribution in [0.1, 0.15) is 39.0 Å². The second-order valence-corrected chi connectivity index (χ2v) is 8.90. The fourth-order valence-electron chi connectivity index (χ4n) is 2.72. The maximum Gasteiger partial charge on any atom is 0.242 e. The number of primary sulfonamides is 1. The van der Waals surface area contributed by atoms with E-state index in [1.807, 2.05) is 6.92 Å². The molecule has 0 unspecified atom stereocenters. The summed E-state index contributed by atoms with van der Waals surface area (Å²) < 4.78 is 50.9. The highest BCUT2D eigenvalue weighted by atomic mass is 32.2. The van der Waals surface area contributed by atoms with Gasteiger partial charge in [0.25, 0.3) is 0 Å². The summed E-state index contributed by atoms with van der Waals surface area (Å²) in [5.41, 5.74) is -0.539. The molecule has 0 saturated heterocycles. The third kappa shape index (κ3) is 3.82. The first-order valence-electron chi connectivity index (χ1n) is 6.80. The first kappa shape index (κ1) is 16.4. The molecule has 0 spiro atoms. The van der Waals surface area contributed by atoms with Crippen molar-refractivity contribution in [1.82, 2.24) is 4.72 Å². The monoisotopic (exact) mass is 332 g/mol. The minimum absolute atomic E-state index is 0.292. The number of benzene rings is 1. The molecule has 8 heteroatoms. The molecule has 0 aliphatic heterocycles. The van der Waals surface area contributed by atoms with Crippen LogP contribution in [0, 0.1) is 0 Å². The molecular formula is C13H20N2O4S2. The molecule has 118 valence electrons. The topological polar surface area (TPSA) is 106 Å². The zero-order chi connectivity index (χ0) is 15.7. The van der Waals surface area contributed by atoms with Gasteiger partial charge in [-0.15, -0.1) is 0 Å². The Labute approximate surface area is 125 Å². The molecule has 1 aromatic carbocycles. The molecule has 1 aliphatic carbocycles. The van der Waals surface area contributed by atoms with Crippen molar-refractivity contribution in [2.24, 2.45) is 5.14 Å². The van der Waals surface area contributed by atoms with Crippen LogP contribution in [0.15, 0.2) is 34.1 Å². The van der Waals surface area contributed by atoms with E-state index < -0.39 is 25.6 Å². The average Bonchev–Trinajstić information content (AvgIpc) is 2.37. The maximum atomic E-state index is 12.5. The number of rotatable bonds is 4. The predicted octanol–water partition coefficient (Wildman–Crippen LogP) is 1.34. The van der Waals surface area contributed by atoms with Crippen molar-refractivity contribution in [2.45, 2.75) is 54.4 Å². The fourth-order valence-corrected chi connectivity index (χ4v) is 5.57. The van der Waals surface area contributed by atoms with Gasteiger partial charge in [-0.1, -0.05) is 31.4 Å². The molecule has 0 atom stereocenters. The van der Waals surface area contributed by atoms with Gasteiger partial charge in [0.2, 0.25) is 20.0 Å². The lowest BCUT2D eigenvalue weighted by molar-refractivity contribution is 0.293. The van der Waals surface area contributed by atoms with Gasteiger partial charge in [0.05, 0.1) is 0 Å². The van der Waals surface area contributed by atoms with E-state index in [1.165, 1.54) is 24.3 Å². The first-order valence-corrected chi connectivity index (χ1v) is 9.83. The van der Waals surface area contributed by atoms with Gasteiger partial charge >= 0.3 is 0 Å². The highest BCUT2D eigenvalue weighted by Crippen LogP contribution is 2.30. The predicted molar refractivity (Wildman–Crippen MR) is 79.6 cm³/mol. The summed E-state index contributed by atoms with van der Waals surface area (Å²) in [6.45, 7) is 1.85. The molecule has 1 saturated carbocycles. The summed E-state index contributed by atoms with van der Waals surface area (Å²) in [6.07, 6.45) is 4.48. The van der Waals surface area contributed by atoms with Gasteiger partial charge in [-0.2, -0.15) is 0 Å². The normalized spacial score (nSPS) is 19.3. The summed E-state index contributed by atoms with van der Waals surface area (Å²) >= 11 is 0. The van der Waals surface area contributed by atoms with Crippen LogP contribution in [-0.2, 0) is 20.0 Å². The molecule has 0 bridgehead atoms. The van der Waals surface area contributed by atoms with E-state index in [1.54, 1.807) is 0 Å². The molecule has 1 aliphatic rings. The van der Waals surface area contributed by atoms with Crippen LogP contribution in [0.25, 0.3) is 0 Å². The van der Waals surface area contributed by atoms with Crippen molar-refractivity contribution < 1.29 is 16.8 Å². The summed E-state index contributed by atoms with van der Waals surface area (Å²) in [7, 11) is -8.04. The third-order valence-electron chi connectivity index (χ3n) is 3.78. The standard InChI is InChI=1S/C13H20N2O4S2/c1-13(9-5-2-6-10-13)15-21(18,19)12-8-4-3-7-11(12)20(14,16)17/h3-4,7-8,15H,2,5-6,9-10H2,1H3,(H2,14,16,17). The van der Waals surface area contributed by atoms with Crippen molar-refractivity contribution >= 4 is 20.0 Å². The molecule has 3 N–H and O–H groups in total. The quantitative estimate of drug-likeness (QED) is 0.867. The Balaban J connectivity index is 2.41. The molecule has 1 fully saturated rings. The van der Waals surface area contributed by atoms with Gasteiger partial charge in [0, 0.05) is 5.54 Å². The number of hydrogen-bond donors (Lipinski definition) is 2. The van der Waals surface area contributed by atoms with E-state index in [2.05, 4.69) is 4.72 Å². The Kier molecular flexibility index (Phi) is 4.44. The molecule has 0 aromatic heterocycles. The highest BCUT2D eigenvalue weighted by Gasteiger charge is 2.34. The van der Waals surface area contributed by atoms with Crippen LogP contribution < -0.4 is 9.86 Å². The summed E-state index contributed by atoms with van der Waals surface area (Å²) in [4.78, 5) is -0.670. The Morgan fingerprint density at radius 1 is 1.00 bits per heavy atom. The lowest BCUT2D eigenvalue weighted by atomic mass is 9.84. The number of hydrogen-bond acceptors (Lipinski definition) is 4. The zero-order valence-corrected chi connectivity index (χ0v) is 13.5. The molecule has 2 rings (SSSR count). The lowest BCUT2D eigenvalue weighted by Gasteiger charge is -2.34. The van der Waals surface area contributed by atoms with Gasteiger partial charge in [0.15, 0.2) is 0 Å². The molecule has 0 radical (unpaired) electrons.